The Hall–Kier alpha value is -2.09. The predicted octanol–water partition coefficient (Wildman–Crippen LogP) is 2.86. The molecule has 1 aromatic carbocycles. The van der Waals surface area contributed by atoms with Crippen molar-refractivity contribution in [2.45, 2.75) is 19.9 Å². The van der Waals surface area contributed by atoms with Gasteiger partial charge in [0.2, 0.25) is 0 Å². The summed E-state index contributed by atoms with van der Waals surface area (Å²) in [4.78, 5) is 13.7. The van der Waals surface area contributed by atoms with Crippen LogP contribution in [-0.2, 0) is 0 Å². The topological polar surface area (TPSA) is 55.1 Å². The molecule has 3 nitrogen and oxygen atoms in total. The van der Waals surface area contributed by atoms with E-state index in [-0.39, 0.29) is 11.9 Å². The van der Waals surface area contributed by atoms with Gasteiger partial charge >= 0.3 is 0 Å². The van der Waals surface area contributed by atoms with Crippen molar-refractivity contribution in [3.8, 4) is 11.8 Å². The molecule has 1 aromatic heterocycles. The molecule has 1 heterocycles. The lowest BCUT2D eigenvalue weighted by atomic mass is 10.1. The predicted molar refractivity (Wildman–Crippen MR) is 87.3 cm³/mol. The third-order valence-electron chi connectivity index (χ3n) is 3.07. The van der Waals surface area contributed by atoms with Gasteiger partial charge in [-0.25, -0.2) is 0 Å². The maximum atomic E-state index is 12.2. The first kappa shape index (κ1) is 15.3. The number of benzene rings is 1. The van der Waals surface area contributed by atoms with Gasteiger partial charge in [-0.3, -0.25) is 4.79 Å². The molecular formula is C17H18N2OS. The van der Waals surface area contributed by atoms with Gasteiger partial charge in [0.05, 0.1) is 22.3 Å². The summed E-state index contributed by atoms with van der Waals surface area (Å²) in [6, 6.07) is 11.8. The van der Waals surface area contributed by atoms with Gasteiger partial charge in [-0.15, -0.1) is 11.3 Å². The fraction of sp³-hybridized carbons (Fsp3) is 0.235. The SMILES string of the molecule is Cc1ccc(C(C)NC(=O)c2ccc(C#CCN)s2)cc1. The number of aryl methyl sites for hydroxylation is 1. The number of hydrogen-bond donors (Lipinski definition) is 2. The van der Waals surface area contributed by atoms with Crippen molar-refractivity contribution in [1.29, 1.82) is 0 Å². The molecule has 0 aliphatic carbocycles. The third-order valence-corrected chi connectivity index (χ3v) is 4.07. The van der Waals surface area contributed by atoms with Crippen LogP contribution in [0.2, 0.25) is 0 Å². The van der Waals surface area contributed by atoms with E-state index in [1.165, 1.54) is 16.9 Å². The first-order valence-electron chi connectivity index (χ1n) is 6.76. The normalized spacial score (nSPS) is 11.4. The Kier molecular flexibility index (Phi) is 5.15. The molecule has 0 aliphatic heterocycles. The lowest BCUT2D eigenvalue weighted by Gasteiger charge is -2.13. The first-order valence-corrected chi connectivity index (χ1v) is 7.58. The number of carbonyl (C=O) groups excluding carboxylic acids is 1. The van der Waals surface area contributed by atoms with Gasteiger partial charge in [0.15, 0.2) is 0 Å². The number of hydrogen-bond acceptors (Lipinski definition) is 3. The minimum atomic E-state index is -0.0751. The highest BCUT2D eigenvalue weighted by atomic mass is 32.1. The van der Waals surface area contributed by atoms with Gasteiger partial charge in [0.1, 0.15) is 0 Å². The monoisotopic (exact) mass is 298 g/mol. The van der Waals surface area contributed by atoms with Crippen LogP contribution in [0.3, 0.4) is 0 Å². The number of carbonyl (C=O) groups is 1. The molecule has 3 N–H and O–H groups in total. The Labute approximate surface area is 129 Å². The van der Waals surface area contributed by atoms with E-state index in [2.05, 4.69) is 17.2 Å². The number of nitrogens with two attached hydrogens (primary N) is 1. The van der Waals surface area contributed by atoms with Crippen molar-refractivity contribution in [3.05, 3.63) is 57.3 Å². The lowest BCUT2D eigenvalue weighted by molar-refractivity contribution is 0.0944. The molecule has 108 valence electrons. The molecule has 1 atom stereocenters. The van der Waals surface area contributed by atoms with Gasteiger partial charge in [-0.1, -0.05) is 41.7 Å². The Balaban J connectivity index is 2.03. The van der Waals surface area contributed by atoms with E-state index < -0.39 is 0 Å². The molecule has 0 radical (unpaired) electrons. The summed E-state index contributed by atoms with van der Waals surface area (Å²) in [6.07, 6.45) is 0. The minimum Gasteiger partial charge on any atom is -0.345 e. The minimum absolute atomic E-state index is 0.0289. The molecule has 2 aromatic rings. The van der Waals surface area contributed by atoms with Crippen LogP contribution in [0.1, 0.15) is 38.6 Å². The second-order valence-electron chi connectivity index (χ2n) is 4.78. The molecule has 1 unspecified atom stereocenters. The second-order valence-corrected chi connectivity index (χ2v) is 5.86. The molecule has 0 spiro atoms. The maximum Gasteiger partial charge on any atom is 0.261 e. The Bertz CT molecular complexity index is 677. The molecule has 0 saturated carbocycles. The largest absolute Gasteiger partial charge is 0.345 e. The number of nitrogens with one attached hydrogen (secondary N) is 1. The van der Waals surface area contributed by atoms with Gasteiger partial charge in [0, 0.05) is 0 Å². The Morgan fingerprint density at radius 3 is 2.67 bits per heavy atom. The third kappa shape index (κ3) is 4.19. The van der Waals surface area contributed by atoms with E-state index in [9.17, 15) is 4.79 Å². The molecule has 0 aliphatic rings. The zero-order chi connectivity index (χ0) is 15.2. The van der Waals surface area contributed by atoms with Gasteiger partial charge < -0.3 is 11.1 Å². The molecule has 2 rings (SSSR count). The van der Waals surface area contributed by atoms with Crippen molar-refractivity contribution >= 4 is 17.2 Å². The van der Waals surface area contributed by atoms with Crippen LogP contribution >= 0.6 is 11.3 Å². The van der Waals surface area contributed by atoms with Crippen LogP contribution in [0.4, 0.5) is 0 Å². The quantitative estimate of drug-likeness (QED) is 0.856. The number of amides is 1. The zero-order valence-electron chi connectivity index (χ0n) is 12.1. The van der Waals surface area contributed by atoms with Crippen LogP contribution < -0.4 is 11.1 Å². The number of rotatable bonds is 3. The van der Waals surface area contributed by atoms with Crippen molar-refractivity contribution in [1.82, 2.24) is 5.32 Å². The van der Waals surface area contributed by atoms with Crippen molar-refractivity contribution in [3.63, 3.8) is 0 Å². The molecule has 0 fully saturated rings. The molecule has 0 saturated heterocycles. The smallest absolute Gasteiger partial charge is 0.261 e. The van der Waals surface area contributed by atoms with Crippen molar-refractivity contribution in [2.24, 2.45) is 5.73 Å². The van der Waals surface area contributed by atoms with E-state index in [1.54, 1.807) is 6.07 Å². The van der Waals surface area contributed by atoms with E-state index in [1.807, 2.05) is 44.2 Å². The summed E-state index contributed by atoms with van der Waals surface area (Å²) >= 11 is 1.38. The summed E-state index contributed by atoms with van der Waals surface area (Å²) in [5, 5.41) is 3.00. The van der Waals surface area contributed by atoms with Crippen LogP contribution in [0.25, 0.3) is 0 Å². The van der Waals surface area contributed by atoms with Gasteiger partial charge in [-0.2, -0.15) is 0 Å². The van der Waals surface area contributed by atoms with E-state index in [0.29, 0.717) is 11.4 Å². The van der Waals surface area contributed by atoms with Gasteiger partial charge in [-0.05, 0) is 31.5 Å². The highest BCUT2D eigenvalue weighted by molar-refractivity contribution is 7.14. The zero-order valence-corrected chi connectivity index (χ0v) is 13.0. The van der Waals surface area contributed by atoms with E-state index in [4.69, 9.17) is 5.73 Å². The van der Waals surface area contributed by atoms with Crippen LogP contribution in [0.5, 0.6) is 0 Å². The Morgan fingerprint density at radius 1 is 1.29 bits per heavy atom. The molecule has 0 bridgehead atoms. The second kappa shape index (κ2) is 7.07. The standard InChI is InChI=1S/C17H18N2OS/c1-12-5-7-14(8-6-12)13(2)19-17(20)16-10-9-15(21-16)4-3-11-18/h5-10,13H,11,18H2,1-2H3,(H,19,20). The summed E-state index contributed by atoms with van der Waals surface area (Å²) in [6.45, 7) is 4.35. The van der Waals surface area contributed by atoms with Crippen LogP contribution in [0, 0.1) is 18.8 Å². The highest BCUT2D eigenvalue weighted by Crippen LogP contribution is 2.18. The summed E-state index contributed by atoms with van der Waals surface area (Å²) in [5.74, 6) is 5.64. The van der Waals surface area contributed by atoms with Crippen LogP contribution in [-0.4, -0.2) is 12.5 Å². The average molecular weight is 298 g/mol. The van der Waals surface area contributed by atoms with Gasteiger partial charge in [0.25, 0.3) is 5.91 Å². The highest BCUT2D eigenvalue weighted by Gasteiger charge is 2.13. The lowest BCUT2D eigenvalue weighted by Crippen LogP contribution is -2.25. The van der Waals surface area contributed by atoms with Crippen molar-refractivity contribution in [2.75, 3.05) is 6.54 Å². The van der Waals surface area contributed by atoms with E-state index >= 15 is 0 Å². The molecular weight excluding hydrogens is 280 g/mol. The van der Waals surface area contributed by atoms with Crippen molar-refractivity contribution < 1.29 is 4.79 Å². The first-order chi connectivity index (χ1) is 10.1. The molecule has 4 heteroatoms. The summed E-state index contributed by atoms with van der Waals surface area (Å²) in [7, 11) is 0. The average Bonchev–Trinajstić information content (AvgIpc) is 2.94. The number of thiophene rings is 1. The summed E-state index contributed by atoms with van der Waals surface area (Å²) in [5.41, 5.74) is 7.63. The van der Waals surface area contributed by atoms with E-state index in [0.717, 1.165) is 10.4 Å². The Morgan fingerprint density at radius 2 is 2.00 bits per heavy atom. The fourth-order valence-electron chi connectivity index (χ4n) is 1.87. The fourth-order valence-corrected chi connectivity index (χ4v) is 2.66. The maximum absolute atomic E-state index is 12.2. The summed E-state index contributed by atoms with van der Waals surface area (Å²) < 4.78 is 0. The molecule has 21 heavy (non-hydrogen) atoms. The van der Waals surface area contributed by atoms with Crippen LogP contribution in [0.15, 0.2) is 36.4 Å². The molecule has 1 amide bonds.